The zero-order chi connectivity index (χ0) is 14.5. The second-order valence-corrected chi connectivity index (χ2v) is 6.24. The van der Waals surface area contributed by atoms with Gasteiger partial charge in [-0.1, -0.05) is 40.0 Å². The number of amides is 1. The lowest BCUT2D eigenvalue weighted by Gasteiger charge is -2.31. The number of carbonyl (C=O) groups excluding carboxylic acids is 1. The third-order valence-corrected chi connectivity index (χ3v) is 4.02. The summed E-state index contributed by atoms with van der Waals surface area (Å²) in [6.45, 7) is 6.17. The Morgan fingerprint density at radius 2 is 1.84 bits per heavy atom. The molecule has 0 bridgehead atoms. The number of nitrogens with one attached hydrogen (secondary N) is 1. The van der Waals surface area contributed by atoms with Crippen LogP contribution in [0.25, 0.3) is 0 Å². The number of aliphatic carboxylic acids is 1. The van der Waals surface area contributed by atoms with E-state index in [0.29, 0.717) is 12.3 Å². The third-order valence-electron chi connectivity index (χ3n) is 4.02. The summed E-state index contributed by atoms with van der Waals surface area (Å²) in [5, 5.41) is 11.9. The summed E-state index contributed by atoms with van der Waals surface area (Å²) in [6, 6.07) is -0.734. The molecule has 0 heterocycles. The highest BCUT2D eigenvalue weighted by atomic mass is 16.4. The van der Waals surface area contributed by atoms with Crippen molar-refractivity contribution in [2.45, 2.75) is 71.8 Å². The van der Waals surface area contributed by atoms with Crippen LogP contribution in [0.1, 0.15) is 65.7 Å². The lowest BCUT2D eigenvalue weighted by molar-refractivity contribution is -0.144. The van der Waals surface area contributed by atoms with Crippen molar-refractivity contribution in [1.29, 1.82) is 0 Å². The van der Waals surface area contributed by atoms with E-state index in [1.165, 1.54) is 0 Å². The Balaban J connectivity index is 2.74. The molecule has 0 aromatic rings. The Morgan fingerprint density at radius 1 is 1.26 bits per heavy atom. The standard InChI is InChI=1S/C15H27NO3/c1-4-7-12(13(17)18)16-14(19)15(10-11(2)3)8-5-6-9-15/h11-12H,4-10H2,1-3H3,(H,16,19)(H,17,18)/t12-/m0/s1. The van der Waals surface area contributed by atoms with Crippen molar-refractivity contribution in [3.8, 4) is 0 Å². The van der Waals surface area contributed by atoms with Crippen LogP contribution in [0.3, 0.4) is 0 Å². The van der Waals surface area contributed by atoms with Gasteiger partial charge in [0.25, 0.3) is 0 Å². The van der Waals surface area contributed by atoms with Gasteiger partial charge >= 0.3 is 5.97 Å². The van der Waals surface area contributed by atoms with Crippen molar-refractivity contribution >= 4 is 11.9 Å². The molecule has 0 unspecified atom stereocenters. The molecule has 1 atom stereocenters. The number of carbonyl (C=O) groups is 2. The molecule has 0 spiro atoms. The number of hydrogen-bond donors (Lipinski definition) is 2. The second-order valence-electron chi connectivity index (χ2n) is 6.24. The highest BCUT2D eigenvalue weighted by Crippen LogP contribution is 2.43. The molecule has 0 aromatic carbocycles. The van der Waals surface area contributed by atoms with Crippen LogP contribution in [0.5, 0.6) is 0 Å². The van der Waals surface area contributed by atoms with Crippen LogP contribution in [-0.4, -0.2) is 23.0 Å². The summed E-state index contributed by atoms with van der Waals surface area (Å²) in [6.07, 6.45) is 6.06. The minimum Gasteiger partial charge on any atom is -0.480 e. The fourth-order valence-corrected chi connectivity index (χ4v) is 3.21. The van der Waals surface area contributed by atoms with Crippen molar-refractivity contribution < 1.29 is 14.7 Å². The summed E-state index contributed by atoms with van der Waals surface area (Å²) in [4.78, 5) is 23.7. The van der Waals surface area contributed by atoms with Crippen molar-refractivity contribution in [1.82, 2.24) is 5.32 Å². The number of carboxylic acid groups (broad SMARTS) is 1. The zero-order valence-corrected chi connectivity index (χ0v) is 12.4. The van der Waals surface area contributed by atoms with E-state index in [-0.39, 0.29) is 11.3 Å². The SMILES string of the molecule is CCC[C@H](NC(=O)C1(CC(C)C)CCCC1)C(=O)O. The number of hydrogen-bond acceptors (Lipinski definition) is 2. The molecule has 1 aliphatic rings. The molecule has 1 fully saturated rings. The van der Waals surface area contributed by atoms with Crippen molar-refractivity contribution in [2.24, 2.45) is 11.3 Å². The molecule has 1 aliphatic carbocycles. The highest BCUT2D eigenvalue weighted by molar-refractivity contribution is 5.87. The van der Waals surface area contributed by atoms with E-state index in [9.17, 15) is 9.59 Å². The summed E-state index contributed by atoms with van der Waals surface area (Å²) in [5.74, 6) is -0.509. The minimum absolute atomic E-state index is 0.0421. The van der Waals surface area contributed by atoms with E-state index < -0.39 is 12.0 Å². The van der Waals surface area contributed by atoms with Crippen LogP contribution in [0, 0.1) is 11.3 Å². The van der Waals surface area contributed by atoms with Gasteiger partial charge in [-0.05, 0) is 31.6 Å². The Bertz CT molecular complexity index is 319. The molecule has 0 aromatic heterocycles. The van der Waals surface area contributed by atoms with Gasteiger partial charge < -0.3 is 10.4 Å². The molecular weight excluding hydrogens is 242 g/mol. The molecule has 1 amide bonds. The van der Waals surface area contributed by atoms with E-state index in [0.717, 1.165) is 38.5 Å². The predicted molar refractivity (Wildman–Crippen MR) is 74.8 cm³/mol. The molecule has 110 valence electrons. The largest absolute Gasteiger partial charge is 0.480 e. The molecule has 0 radical (unpaired) electrons. The summed E-state index contributed by atoms with van der Waals surface area (Å²) >= 11 is 0. The van der Waals surface area contributed by atoms with Crippen molar-refractivity contribution in [3.05, 3.63) is 0 Å². The molecule has 0 aliphatic heterocycles. The van der Waals surface area contributed by atoms with Gasteiger partial charge in [0.05, 0.1) is 0 Å². The van der Waals surface area contributed by atoms with Crippen molar-refractivity contribution in [2.75, 3.05) is 0 Å². The van der Waals surface area contributed by atoms with Crippen LogP contribution >= 0.6 is 0 Å². The molecule has 4 heteroatoms. The molecule has 1 saturated carbocycles. The topological polar surface area (TPSA) is 66.4 Å². The van der Waals surface area contributed by atoms with Gasteiger partial charge in [0.1, 0.15) is 6.04 Å². The van der Waals surface area contributed by atoms with E-state index in [1.54, 1.807) is 0 Å². The number of rotatable bonds is 7. The molecule has 1 rings (SSSR count). The van der Waals surface area contributed by atoms with Crippen LogP contribution in [0.15, 0.2) is 0 Å². The smallest absolute Gasteiger partial charge is 0.326 e. The zero-order valence-electron chi connectivity index (χ0n) is 12.4. The Kier molecular flexibility index (Phi) is 5.83. The maximum absolute atomic E-state index is 12.5. The summed E-state index contributed by atoms with van der Waals surface area (Å²) < 4.78 is 0. The molecule has 4 nitrogen and oxygen atoms in total. The molecule has 2 N–H and O–H groups in total. The minimum atomic E-state index is -0.923. The second kappa shape index (κ2) is 6.92. The van der Waals surface area contributed by atoms with Crippen LogP contribution < -0.4 is 5.32 Å². The van der Waals surface area contributed by atoms with E-state index in [2.05, 4.69) is 19.2 Å². The molecule has 0 saturated heterocycles. The Hall–Kier alpha value is -1.06. The van der Waals surface area contributed by atoms with Crippen LogP contribution in [-0.2, 0) is 9.59 Å². The Morgan fingerprint density at radius 3 is 2.26 bits per heavy atom. The average Bonchev–Trinajstić information content (AvgIpc) is 2.77. The van der Waals surface area contributed by atoms with Crippen LogP contribution in [0.4, 0.5) is 0 Å². The van der Waals surface area contributed by atoms with Gasteiger partial charge in [-0.15, -0.1) is 0 Å². The van der Waals surface area contributed by atoms with Gasteiger partial charge in [0.15, 0.2) is 0 Å². The van der Waals surface area contributed by atoms with Gasteiger partial charge in [-0.3, -0.25) is 4.79 Å². The van der Waals surface area contributed by atoms with E-state index in [1.807, 2.05) is 6.92 Å². The first-order valence-corrected chi connectivity index (χ1v) is 7.45. The summed E-state index contributed by atoms with van der Waals surface area (Å²) in [7, 11) is 0. The maximum Gasteiger partial charge on any atom is 0.326 e. The lowest BCUT2D eigenvalue weighted by Crippen LogP contribution is -2.48. The fraction of sp³-hybridized carbons (Fsp3) is 0.867. The van der Waals surface area contributed by atoms with E-state index in [4.69, 9.17) is 5.11 Å². The first-order chi connectivity index (χ1) is 8.91. The summed E-state index contributed by atoms with van der Waals surface area (Å²) in [5.41, 5.74) is -0.324. The van der Waals surface area contributed by atoms with Crippen molar-refractivity contribution in [3.63, 3.8) is 0 Å². The maximum atomic E-state index is 12.5. The fourth-order valence-electron chi connectivity index (χ4n) is 3.21. The highest BCUT2D eigenvalue weighted by Gasteiger charge is 2.42. The first kappa shape index (κ1) is 16.0. The lowest BCUT2D eigenvalue weighted by atomic mass is 9.77. The quantitative estimate of drug-likeness (QED) is 0.746. The van der Waals surface area contributed by atoms with E-state index >= 15 is 0 Å². The third kappa shape index (κ3) is 4.22. The molecule has 19 heavy (non-hydrogen) atoms. The van der Waals surface area contributed by atoms with Gasteiger partial charge in [0.2, 0.25) is 5.91 Å². The predicted octanol–water partition coefficient (Wildman–Crippen LogP) is 2.96. The van der Waals surface area contributed by atoms with Gasteiger partial charge in [-0.25, -0.2) is 4.79 Å². The van der Waals surface area contributed by atoms with Gasteiger partial charge in [0, 0.05) is 5.41 Å². The van der Waals surface area contributed by atoms with Crippen LogP contribution in [0.2, 0.25) is 0 Å². The normalized spacial score (nSPS) is 19.4. The number of carboxylic acids is 1. The average molecular weight is 269 g/mol. The van der Waals surface area contributed by atoms with Gasteiger partial charge in [-0.2, -0.15) is 0 Å². The monoisotopic (exact) mass is 269 g/mol. The Labute approximate surface area is 116 Å². The molecular formula is C15H27NO3. The first-order valence-electron chi connectivity index (χ1n) is 7.45.